The first-order valence-electron chi connectivity index (χ1n) is 11.5. The third-order valence-electron chi connectivity index (χ3n) is 5.78. The Morgan fingerprint density at radius 2 is 1.88 bits per heavy atom. The minimum absolute atomic E-state index is 0.0968. The van der Waals surface area contributed by atoms with Gasteiger partial charge in [0, 0.05) is 31.3 Å². The zero-order valence-corrected chi connectivity index (χ0v) is 19.4. The molecule has 2 aromatic carbocycles. The van der Waals surface area contributed by atoms with E-state index in [0.29, 0.717) is 55.0 Å². The fourth-order valence-electron chi connectivity index (χ4n) is 4.16. The number of carbonyl (C=O) groups excluding carboxylic acids is 3. The molecule has 1 fully saturated rings. The van der Waals surface area contributed by atoms with Crippen molar-refractivity contribution >= 4 is 29.1 Å². The number of para-hydroxylation sites is 2. The molecule has 34 heavy (non-hydrogen) atoms. The van der Waals surface area contributed by atoms with Crippen molar-refractivity contribution in [3.63, 3.8) is 0 Å². The second kappa shape index (κ2) is 10.5. The molecule has 180 valence electrons. The molecule has 0 saturated carbocycles. The van der Waals surface area contributed by atoms with Gasteiger partial charge >= 0.3 is 0 Å². The Morgan fingerprint density at radius 1 is 1.12 bits per heavy atom. The average Bonchev–Trinajstić information content (AvgIpc) is 3.24. The van der Waals surface area contributed by atoms with Gasteiger partial charge in [0.25, 0.3) is 0 Å². The topological polar surface area (TPSA) is 97.4 Å². The minimum atomic E-state index is -0.524. The number of amides is 3. The summed E-state index contributed by atoms with van der Waals surface area (Å²) in [6, 6.07) is 12.5. The van der Waals surface area contributed by atoms with Gasteiger partial charge in [-0.2, -0.15) is 0 Å². The standard InChI is InChI=1S/C25H29N3O6/c1-3-27(16-23(29)26-18-9-10-21-22(14-18)34-12-11-33-21)25(31)17-13-24(30)28(15-17)19-7-5-6-8-20(19)32-4-2/h5-10,14,17H,3-4,11-13,15-16H2,1-2H3,(H,26,29)/t17-/m1/s1. The van der Waals surface area contributed by atoms with Crippen LogP contribution in [0.2, 0.25) is 0 Å². The van der Waals surface area contributed by atoms with E-state index in [1.807, 2.05) is 38.1 Å². The zero-order valence-electron chi connectivity index (χ0n) is 19.4. The quantitative estimate of drug-likeness (QED) is 0.641. The molecule has 3 amide bonds. The van der Waals surface area contributed by atoms with Crippen molar-refractivity contribution in [3.05, 3.63) is 42.5 Å². The highest BCUT2D eigenvalue weighted by Crippen LogP contribution is 2.34. The highest BCUT2D eigenvalue weighted by Gasteiger charge is 2.38. The number of nitrogens with one attached hydrogen (secondary N) is 1. The number of nitrogens with zero attached hydrogens (tertiary/aromatic N) is 2. The summed E-state index contributed by atoms with van der Waals surface area (Å²) in [4.78, 5) is 41.7. The van der Waals surface area contributed by atoms with Gasteiger partial charge in [0.05, 0.1) is 24.8 Å². The largest absolute Gasteiger partial charge is 0.492 e. The molecule has 0 radical (unpaired) electrons. The van der Waals surface area contributed by atoms with Crippen LogP contribution >= 0.6 is 0 Å². The van der Waals surface area contributed by atoms with E-state index >= 15 is 0 Å². The first-order chi connectivity index (χ1) is 16.5. The SMILES string of the molecule is CCOc1ccccc1N1C[C@H](C(=O)N(CC)CC(=O)Nc2ccc3c(c2)OCCO3)CC1=O. The lowest BCUT2D eigenvalue weighted by atomic mass is 10.1. The van der Waals surface area contributed by atoms with Crippen LogP contribution in [0.15, 0.2) is 42.5 Å². The molecule has 9 nitrogen and oxygen atoms in total. The Morgan fingerprint density at radius 3 is 2.65 bits per heavy atom. The lowest BCUT2D eigenvalue weighted by Crippen LogP contribution is -2.42. The Labute approximate surface area is 198 Å². The minimum Gasteiger partial charge on any atom is -0.492 e. The molecule has 1 saturated heterocycles. The van der Waals surface area contributed by atoms with Crippen LogP contribution in [-0.2, 0) is 14.4 Å². The lowest BCUT2D eigenvalue weighted by Gasteiger charge is -2.24. The van der Waals surface area contributed by atoms with E-state index in [1.54, 1.807) is 23.1 Å². The van der Waals surface area contributed by atoms with Gasteiger partial charge in [0.2, 0.25) is 17.7 Å². The van der Waals surface area contributed by atoms with Crippen molar-refractivity contribution in [2.45, 2.75) is 20.3 Å². The highest BCUT2D eigenvalue weighted by molar-refractivity contribution is 6.02. The van der Waals surface area contributed by atoms with Gasteiger partial charge in [-0.3, -0.25) is 14.4 Å². The Balaban J connectivity index is 1.39. The fraction of sp³-hybridized carbons (Fsp3) is 0.400. The van der Waals surface area contributed by atoms with E-state index in [-0.39, 0.29) is 37.2 Å². The van der Waals surface area contributed by atoms with Crippen LogP contribution in [0, 0.1) is 5.92 Å². The molecule has 0 spiro atoms. The zero-order chi connectivity index (χ0) is 24.1. The van der Waals surface area contributed by atoms with E-state index in [9.17, 15) is 14.4 Å². The van der Waals surface area contributed by atoms with E-state index in [4.69, 9.17) is 14.2 Å². The first-order valence-corrected chi connectivity index (χ1v) is 11.5. The average molecular weight is 468 g/mol. The molecule has 0 bridgehead atoms. The van der Waals surface area contributed by atoms with Crippen molar-refractivity contribution in [1.29, 1.82) is 0 Å². The number of hydrogen-bond acceptors (Lipinski definition) is 6. The third kappa shape index (κ3) is 5.08. The Kier molecular flexibility index (Phi) is 7.20. The molecular weight excluding hydrogens is 438 g/mol. The lowest BCUT2D eigenvalue weighted by molar-refractivity contribution is -0.138. The van der Waals surface area contributed by atoms with Crippen LogP contribution in [-0.4, -0.2) is 62.1 Å². The molecule has 2 aromatic rings. The molecule has 2 aliphatic heterocycles. The van der Waals surface area contributed by atoms with Crippen LogP contribution in [0.5, 0.6) is 17.2 Å². The van der Waals surface area contributed by atoms with Crippen molar-refractivity contribution < 1.29 is 28.6 Å². The van der Waals surface area contributed by atoms with Crippen molar-refractivity contribution in [3.8, 4) is 17.2 Å². The predicted octanol–water partition coefficient (Wildman–Crippen LogP) is 2.70. The number of benzene rings is 2. The smallest absolute Gasteiger partial charge is 0.243 e. The second-order valence-corrected chi connectivity index (χ2v) is 8.07. The summed E-state index contributed by atoms with van der Waals surface area (Å²) in [7, 11) is 0. The predicted molar refractivity (Wildman–Crippen MR) is 126 cm³/mol. The van der Waals surface area contributed by atoms with Crippen LogP contribution in [0.3, 0.4) is 0 Å². The molecule has 9 heteroatoms. The van der Waals surface area contributed by atoms with Gasteiger partial charge in [-0.25, -0.2) is 0 Å². The molecular formula is C25H29N3O6. The van der Waals surface area contributed by atoms with E-state index in [1.165, 1.54) is 4.90 Å². The maximum atomic E-state index is 13.2. The van der Waals surface area contributed by atoms with Gasteiger partial charge in [-0.05, 0) is 38.1 Å². The summed E-state index contributed by atoms with van der Waals surface area (Å²) in [6.45, 7) is 5.61. The number of rotatable bonds is 8. The third-order valence-corrected chi connectivity index (χ3v) is 5.78. The molecule has 2 aliphatic rings. The molecule has 0 aliphatic carbocycles. The normalized spacial score (nSPS) is 16.8. The molecule has 1 atom stereocenters. The maximum absolute atomic E-state index is 13.2. The molecule has 2 heterocycles. The summed E-state index contributed by atoms with van der Waals surface area (Å²) < 4.78 is 16.7. The highest BCUT2D eigenvalue weighted by atomic mass is 16.6. The number of anilines is 2. The summed E-state index contributed by atoms with van der Waals surface area (Å²) in [5.41, 5.74) is 1.22. The summed E-state index contributed by atoms with van der Waals surface area (Å²) in [5.74, 6) is 0.615. The van der Waals surface area contributed by atoms with Crippen LogP contribution in [0.1, 0.15) is 20.3 Å². The number of hydrogen-bond donors (Lipinski definition) is 1. The summed E-state index contributed by atoms with van der Waals surface area (Å²) in [6.07, 6.45) is 0.0968. The van der Waals surface area contributed by atoms with Gasteiger partial charge in [-0.15, -0.1) is 0 Å². The number of fused-ring (bicyclic) bond motifs is 1. The summed E-state index contributed by atoms with van der Waals surface area (Å²) in [5, 5.41) is 2.80. The van der Waals surface area contributed by atoms with Crippen molar-refractivity contribution in [1.82, 2.24) is 4.90 Å². The maximum Gasteiger partial charge on any atom is 0.243 e. The fourth-order valence-corrected chi connectivity index (χ4v) is 4.16. The first kappa shape index (κ1) is 23.4. The van der Waals surface area contributed by atoms with Crippen molar-refractivity contribution in [2.24, 2.45) is 5.92 Å². The van der Waals surface area contributed by atoms with E-state index in [0.717, 1.165) is 0 Å². The Hall–Kier alpha value is -3.75. The molecule has 0 aromatic heterocycles. The number of ether oxygens (including phenoxy) is 3. The van der Waals surface area contributed by atoms with Gasteiger partial charge in [0.1, 0.15) is 19.0 Å². The van der Waals surface area contributed by atoms with Crippen LogP contribution in [0.4, 0.5) is 11.4 Å². The molecule has 0 unspecified atom stereocenters. The Bertz CT molecular complexity index is 1070. The monoisotopic (exact) mass is 467 g/mol. The van der Waals surface area contributed by atoms with Crippen molar-refractivity contribution in [2.75, 3.05) is 49.7 Å². The van der Waals surface area contributed by atoms with E-state index in [2.05, 4.69) is 5.32 Å². The second-order valence-electron chi connectivity index (χ2n) is 8.07. The number of carbonyl (C=O) groups is 3. The van der Waals surface area contributed by atoms with Gasteiger partial charge < -0.3 is 29.3 Å². The van der Waals surface area contributed by atoms with E-state index < -0.39 is 5.92 Å². The molecule has 1 N–H and O–H groups in total. The van der Waals surface area contributed by atoms with Gasteiger partial charge in [0.15, 0.2) is 11.5 Å². The molecule has 4 rings (SSSR count). The van der Waals surface area contributed by atoms with Crippen LogP contribution in [0.25, 0.3) is 0 Å². The number of likely N-dealkylation sites (N-methyl/N-ethyl adjacent to an activating group) is 1. The van der Waals surface area contributed by atoms with Gasteiger partial charge in [-0.1, -0.05) is 12.1 Å². The summed E-state index contributed by atoms with van der Waals surface area (Å²) >= 11 is 0. The van der Waals surface area contributed by atoms with Crippen LogP contribution < -0.4 is 24.4 Å².